The number of carboxylic acid groups (broad SMARTS) is 1. The second-order valence-electron chi connectivity index (χ2n) is 8.42. The molecule has 0 spiro atoms. The number of rotatable bonds is 8. The van der Waals surface area contributed by atoms with Crippen molar-refractivity contribution in [2.24, 2.45) is 0 Å². The largest absolute Gasteiger partial charge is 0.490 e. The maximum Gasteiger partial charge on any atom is 0.490 e. The summed E-state index contributed by atoms with van der Waals surface area (Å²) < 4.78 is 63.9. The normalized spacial score (nSPS) is 13.8. The Morgan fingerprint density at radius 3 is 2.73 bits per heavy atom. The molecule has 12 nitrogen and oxygen atoms in total. The van der Waals surface area contributed by atoms with Gasteiger partial charge in [-0.15, -0.1) is 0 Å². The minimum atomic E-state index is -5.08. The van der Waals surface area contributed by atoms with Gasteiger partial charge in [0.15, 0.2) is 0 Å². The van der Waals surface area contributed by atoms with E-state index in [9.17, 15) is 21.6 Å². The van der Waals surface area contributed by atoms with Crippen molar-refractivity contribution in [3.05, 3.63) is 60.4 Å². The predicted octanol–water partition coefficient (Wildman–Crippen LogP) is 3.70. The molecular weight excluding hydrogens is 555 g/mol. The molecule has 0 aliphatic carbocycles. The summed E-state index contributed by atoms with van der Waals surface area (Å²) in [6, 6.07) is 13.0. The zero-order valence-electron chi connectivity index (χ0n) is 20.9. The standard InChI is InChI=1S/C22H23N7O3S.C2HF3O2/c1-32-11-3-10-29(19-5-2-4-18-17(19)14-24-28-18)21-8-9-23-22(27-21)26-16-7-6-15-13-25-33(30,31)20(15)12-16;3-2(4,5)1(6)7/h2,4-9,12,14,25H,3,10-11,13H2,1H3,(H,24,28)(H,23,26,27);(H,6,7). The summed E-state index contributed by atoms with van der Waals surface area (Å²) in [6.45, 7) is 1.60. The number of nitrogens with zero attached hydrogens (tertiary/aromatic N) is 4. The number of sulfonamides is 1. The number of anilines is 4. The number of carboxylic acids is 1. The summed E-state index contributed by atoms with van der Waals surface area (Å²) in [5.74, 6) is -1.69. The molecule has 0 fully saturated rings. The van der Waals surface area contributed by atoms with Gasteiger partial charge in [-0.2, -0.15) is 23.3 Å². The fourth-order valence-corrected chi connectivity index (χ4v) is 5.15. The van der Waals surface area contributed by atoms with Gasteiger partial charge in [0.05, 0.1) is 22.3 Å². The molecule has 0 unspecified atom stereocenters. The number of ether oxygens (including phenoxy) is 1. The van der Waals surface area contributed by atoms with Crippen LogP contribution in [-0.2, 0) is 26.1 Å². The molecule has 0 saturated carbocycles. The maximum absolute atomic E-state index is 12.2. The lowest BCUT2D eigenvalue weighted by Crippen LogP contribution is -2.21. The number of H-pyrrole nitrogens is 1. The highest BCUT2D eigenvalue weighted by Crippen LogP contribution is 2.32. The van der Waals surface area contributed by atoms with E-state index in [0.717, 1.165) is 28.6 Å². The van der Waals surface area contributed by atoms with Crippen LogP contribution in [0.5, 0.6) is 0 Å². The fraction of sp³-hybridized carbons (Fsp3) is 0.250. The Morgan fingerprint density at radius 1 is 1.23 bits per heavy atom. The van der Waals surface area contributed by atoms with E-state index < -0.39 is 22.2 Å². The van der Waals surface area contributed by atoms with Gasteiger partial charge in [-0.3, -0.25) is 5.10 Å². The molecule has 212 valence electrons. The summed E-state index contributed by atoms with van der Waals surface area (Å²) in [4.78, 5) is 20.3. The van der Waals surface area contributed by atoms with Gasteiger partial charge in [0.2, 0.25) is 16.0 Å². The van der Waals surface area contributed by atoms with Crippen LogP contribution in [0.3, 0.4) is 0 Å². The molecule has 4 aromatic rings. The predicted molar refractivity (Wildman–Crippen MR) is 139 cm³/mol. The molecule has 0 amide bonds. The first-order chi connectivity index (χ1) is 19.0. The van der Waals surface area contributed by atoms with Crippen molar-refractivity contribution >= 4 is 50.0 Å². The van der Waals surface area contributed by atoms with Crippen LogP contribution in [0.4, 0.5) is 36.3 Å². The molecule has 1 aliphatic rings. The average Bonchev–Trinajstić information content (AvgIpc) is 3.51. The Hall–Kier alpha value is -4.28. The highest BCUT2D eigenvalue weighted by atomic mass is 32.2. The molecule has 0 saturated heterocycles. The van der Waals surface area contributed by atoms with Crippen molar-refractivity contribution < 1.29 is 36.2 Å². The average molecular weight is 580 g/mol. The SMILES string of the molecule is COCCCN(c1ccnc(Nc2ccc3c(c2)S(=O)(=O)NC3)n1)c1cccc2[nH]ncc12.O=C(O)C(F)(F)F. The lowest BCUT2D eigenvalue weighted by molar-refractivity contribution is -0.192. The number of halogens is 3. The van der Waals surface area contributed by atoms with E-state index in [1.54, 1.807) is 31.6 Å². The minimum Gasteiger partial charge on any atom is -0.475 e. The highest BCUT2D eigenvalue weighted by Gasteiger charge is 2.38. The first kappa shape index (κ1) is 28.7. The van der Waals surface area contributed by atoms with Gasteiger partial charge < -0.3 is 20.1 Å². The van der Waals surface area contributed by atoms with Crippen LogP contribution in [0.15, 0.2) is 59.8 Å². The van der Waals surface area contributed by atoms with Crippen LogP contribution >= 0.6 is 0 Å². The van der Waals surface area contributed by atoms with Crippen molar-refractivity contribution in [2.45, 2.75) is 24.0 Å². The van der Waals surface area contributed by atoms with Crippen molar-refractivity contribution in [2.75, 3.05) is 30.5 Å². The molecule has 5 rings (SSSR count). The summed E-state index contributed by atoms with van der Waals surface area (Å²) in [6.07, 6.45) is -0.810. The number of hydrogen-bond donors (Lipinski definition) is 4. The molecule has 3 heterocycles. The molecule has 2 aromatic carbocycles. The van der Waals surface area contributed by atoms with Crippen molar-refractivity contribution in [1.82, 2.24) is 24.9 Å². The number of nitrogens with one attached hydrogen (secondary N) is 3. The quantitative estimate of drug-likeness (QED) is 0.227. The second-order valence-corrected chi connectivity index (χ2v) is 10.2. The molecule has 0 atom stereocenters. The number of hydrogen-bond acceptors (Lipinski definition) is 9. The van der Waals surface area contributed by atoms with E-state index in [-0.39, 0.29) is 4.90 Å². The lowest BCUT2D eigenvalue weighted by atomic mass is 10.2. The topological polar surface area (TPSA) is 162 Å². The zero-order chi connectivity index (χ0) is 28.9. The van der Waals surface area contributed by atoms with E-state index in [1.807, 2.05) is 30.3 Å². The van der Waals surface area contributed by atoms with Gasteiger partial charge in [0.1, 0.15) is 5.82 Å². The van der Waals surface area contributed by atoms with Gasteiger partial charge in [0, 0.05) is 44.1 Å². The van der Waals surface area contributed by atoms with E-state index in [2.05, 4.69) is 30.1 Å². The number of alkyl halides is 3. The molecular formula is C24H24F3N7O5S. The van der Waals surface area contributed by atoms with E-state index in [1.165, 1.54) is 0 Å². The van der Waals surface area contributed by atoms with Gasteiger partial charge in [-0.05, 0) is 42.3 Å². The second kappa shape index (κ2) is 11.8. The smallest absolute Gasteiger partial charge is 0.475 e. The maximum atomic E-state index is 12.2. The number of fused-ring (bicyclic) bond motifs is 2. The van der Waals surface area contributed by atoms with Crippen LogP contribution in [0, 0.1) is 0 Å². The zero-order valence-corrected chi connectivity index (χ0v) is 21.8. The van der Waals surface area contributed by atoms with E-state index >= 15 is 0 Å². The van der Waals surface area contributed by atoms with Crippen LogP contribution in [0.1, 0.15) is 12.0 Å². The van der Waals surface area contributed by atoms with Crippen LogP contribution in [0.2, 0.25) is 0 Å². The number of methoxy groups -OCH3 is 1. The molecule has 40 heavy (non-hydrogen) atoms. The van der Waals surface area contributed by atoms with Gasteiger partial charge in [0.25, 0.3) is 0 Å². The first-order valence-electron chi connectivity index (χ1n) is 11.7. The number of carbonyl (C=O) groups is 1. The third-order valence-electron chi connectivity index (χ3n) is 5.71. The molecule has 0 radical (unpaired) electrons. The Morgan fingerprint density at radius 2 is 2.00 bits per heavy atom. The summed E-state index contributed by atoms with van der Waals surface area (Å²) in [5.41, 5.74) is 3.25. The number of aromatic amines is 1. The van der Waals surface area contributed by atoms with Gasteiger partial charge in [-0.25, -0.2) is 22.9 Å². The molecule has 16 heteroatoms. The monoisotopic (exact) mass is 579 g/mol. The summed E-state index contributed by atoms with van der Waals surface area (Å²) >= 11 is 0. The molecule has 0 bridgehead atoms. The number of benzene rings is 2. The van der Waals surface area contributed by atoms with Crippen molar-refractivity contribution in [3.8, 4) is 0 Å². The third-order valence-corrected chi connectivity index (χ3v) is 7.19. The molecule has 2 aromatic heterocycles. The van der Waals surface area contributed by atoms with Crippen molar-refractivity contribution in [3.63, 3.8) is 0 Å². The van der Waals surface area contributed by atoms with Crippen LogP contribution < -0.4 is 14.9 Å². The van der Waals surface area contributed by atoms with Gasteiger partial charge >= 0.3 is 12.1 Å². The number of aliphatic carboxylic acids is 1. The van der Waals surface area contributed by atoms with E-state index in [0.29, 0.717) is 37.1 Å². The van der Waals surface area contributed by atoms with E-state index in [4.69, 9.17) is 19.6 Å². The Kier molecular flexibility index (Phi) is 8.51. The van der Waals surface area contributed by atoms with Gasteiger partial charge in [-0.1, -0.05) is 12.1 Å². The fourth-order valence-electron chi connectivity index (χ4n) is 3.88. The number of aromatic nitrogens is 4. The molecule has 4 N–H and O–H groups in total. The Labute approximate surface area is 226 Å². The van der Waals surface area contributed by atoms with Crippen molar-refractivity contribution in [1.29, 1.82) is 0 Å². The third kappa shape index (κ3) is 6.64. The summed E-state index contributed by atoms with van der Waals surface area (Å²) in [7, 11) is -1.79. The Bertz CT molecular complexity index is 1610. The Balaban J connectivity index is 0.000000470. The summed E-state index contributed by atoms with van der Waals surface area (Å²) in [5, 5.41) is 18.4. The molecule has 1 aliphatic heterocycles. The highest BCUT2D eigenvalue weighted by molar-refractivity contribution is 7.89. The lowest BCUT2D eigenvalue weighted by Gasteiger charge is -2.25. The first-order valence-corrected chi connectivity index (χ1v) is 13.2. The minimum absolute atomic E-state index is 0.275. The van der Waals surface area contributed by atoms with Crippen LogP contribution in [-0.4, -0.2) is 66.1 Å². The van der Waals surface area contributed by atoms with Crippen LogP contribution in [0.25, 0.3) is 10.9 Å².